The van der Waals surface area contributed by atoms with Crippen molar-refractivity contribution in [3.05, 3.63) is 65.4 Å². The summed E-state index contributed by atoms with van der Waals surface area (Å²) in [7, 11) is 3.96. The SMILES string of the molecule is CNc1nn(C)c2cc(C3CCN(Cc4cccc(SN5CCC(Nc6ncc7c(n6)NC(=O)C76CC6)CC5)c4)C(C)(C)C3)ccc12. The van der Waals surface area contributed by atoms with Crippen LogP contribution in [0, 0.1) is 0 Å². The number of piperidine rings is 2. The van der Waals surface area contributed by atoms with E-state index in [-0.39, 0.29) is 16.9 Å². The van der Waals surface area contributed by atoms with Crippen molar-refractivity contribution in [3.8, 4) is 0 Å². The van der Waals surface area contributed by atoms with Crippen LogP contribution in [-0.4, -0.2) is 73.1 Å². The molecule has 4 aliphatic rings. The molecule has 2 aromatic heterocycles. The molecule has 47 heavy (non-hydrogen) atoms. The summed E-state index contributed by atoms with van der Waals surface area (Å²) >= 11 is 1.87. The van der Waals surface area contributed by atoms with Crippen LogP contribution in [0.15, 0.2) is 53.6 Å². The fourth-order valence-electron chi connectivity index (χ4n) is 7.95. The summed E-state index contributed by atoms with van der Waals surface area (Å²) in [6, 6.07) is 16.3. The molecule has 5 heterocycles. The first-order chi connectivity index (χ1) is 22.7. The van der Waals surface area contributed by atoms with Crippen LogP contribution in [0.5, 0.6) is 0 Å². The van der Waals surface area contributed by atoms with Crippen LogP contribution in [0.25, 0.3) is 10.9 Å². The number of nitrogens with zero attached hydrogens (tertiary/aromatic N) is 6. The zero-order valence-electron chi connectivity index (χ0n) is 27.8. The zero-order valence-corrected chi connectivity index (χ0v) is 28.7. The van der Waals surface area contributed by atoms with Gasteiger partial charge in [0, 0.05) is 67.4 Å². The van der Waals surface area contributed by atoms with E-state index >= 15 is 0 Å². The molecule has 1 unspecified atom stereocenters. The van der Waals surface area contributed by atoms with Gasteiger partial charge in [0.15, 0.2) is 5.82 Å². The summed E-state index contributed by atoms with van der Waals surface area (Å²) in [4.78, 5) is 25.5. The van der Waals surface area contributed by atoms with Crippen molar-refractivity contribution in [2.24, 2.45) is 7.05 Å². The minimum absolute atomic E-state index is 0.0836. The van der Waals surface area contributed by atoms with Gasteiger partial charge in [0.2, 0.25) is 11.9 Å². The van der Waals surface area contributed by atoms with Crippen LogP contribution in [0.2, 0.25) is 0 Å². The number of hydrogen-bond acceptors (Lipinski definition) is 9. The monoisotopic (exact) mass is 651 g/mol. The van der Waals surface area contributed by atoms with Gasteiger partial charge in [0.05, 0.1) is 10.9 Å². The van der Waals surface area contributed by atoms with Crippen molar-refractivity contribution in [2.75, 3.05) is 42.6 Å². The average Bonchev–Trinajstić information content (AvgIpc) is 3.74. The van der Waals surface area contributed by atoms with E-state index in [0.29, 0.717) is 23.7 Å². The van der Waals surface area contributed by atoms with Gasteiger partial charge in [0.1, 0.15) is 5.82 Å². The molecule has 3 N–H and O–H groups in total. The molecule has 1 spiro atoms. The Labute approximate surface area is 281 Å². The van der Waals surface area contributed by atoms with Crippen LogP contribution < -0.4 is 16.0 Å². The predicted molar refractivity (Wildman–Crippen MR) is 189 cm³/mol. The average molecular weight is 652 g/mol. The number of carbonyl (C=O) groups is 1. The Morgan fingerprint density at radius 1 is 1.06 bits per heavy atom. The standard InChI is InChI=1S/C36H45N9OS/c1-35(2)20-25(24-8-9-28-30(19-24)43(4)42-31(28)37-3)10-15-44(35)22-23-6-5-7-27(18-23)47-45-16-11-26(12-17-45)39-34-38-21-29-32(41-34)40-33(46)36(29)13-14-36/h5-9,18-19,21,25-26H,10-17,20,22H2,1-4H3,(H,37,42)(H2,38,39,40,41,46). The van der Waals surface area contributed by atoms with Crippen LogP contribution in [0.1, 0.15) is 75.0 Å². The number of benzene rings is 2. The Kier molecular flexibility index (Phi) is 7.69. The molecule has 8 rings (SSSR count). The number of aryl methyl sites for hydroxylation is 1. The number of anilines is 3. The summed E-state index contributed by atoms with van der Waals surface area (Å²) in [5.74, 6) is 2.88. The third-order valence-corrected chi connectivity index (χ3v) is 12.0. The number of likely N-dealkylation sites (tertiary alicyclic amines) is 1. The molecule has 1 amide bonds. The van der Waals surface area contributed by atoms with Crippen LogP contribution in [-0.2, 0) is 23.8 Å². The van der Waals surface area contributed by atoms with Crippen LogP contribution in [0.3, 0.4) is 0 Å². The molecule has 1 atom stereocenters. The van der Waals surface area contributed by atoms with E-state index in [0.717, 1.165) is 76.1 Å². The van der Waals surface area contributed by atoms with Crippen LogP contribution in [0.4, 0.5) is 17.6 Å². The third-order valence-electron chi connectivity index (χ3n) is 10.9. The molecule has 0 radical (unpaired) electrons. The van der Waals surface area contributed by atoms with Gasteiger partial charge < -0.3 is 16.0 Å². The Hall–Kier alpha value is -3.67. The minimum atomic E-state index is -0.338. The van der Waals surface area contributed by atoms with Gasteiger partial charge in [-0.3, -0.25) is 14.4 Å². The number of aromatic nitrogens is 4. The second-order valence-corrected chi connectivity index (χ2v) is 15.7. The lowest BCUT2D eigenvalue weighted by molar-refractivity contribution is -0.117. The second-order valence-electron chi connectivity index (χ2n) is 14.5. The number of hydrogen-bond donors (Lipinski definition) is 3. The van der Waals surface area contributed by atoms with Gasteiger partial charge in [-0.05, 0) is 112 Å². The highest BCUT2D eigenvalue weighted by molar-refractivity contribution is 7.97. The van der Waals surface area contributed by atoms with Crippen molar-refractivity contribution in [1.82, 2.24) is 29.0 Å². The van der Waals surface area contributed by atoms with Gasteiger partial charge in [-0.15, -0.1) is 0 Å². The van der Waals surface area contributed by atoms with Gasteiger partial charge >= 0.3 is 0 Å². The lowest BCUT2D eigenvalue weighted by Crippen LogP contribution is -2.48. The molecule has 1 aliphatic carbocycles. The smallest absolute Gasteiger partial charge is 0.236 e. The van der Waals surface area contributed by atoms with E-state index in [4.69, 9.17) is 0 Å². The summed E-state index contributed by atoms with van der Waals surface area (Å²) in [5.41, 5.74) is 4.73. The number of fused-ring (bicyclic) bond motifs is 3. The van der Waals surface area contributed by atoms with E-state index in [1.165, 1.54) is 26.9 Å². The molecular formula is C36H45N9OS. The van der Waals surface area contributed by atoms with Crippen molar-refractivity contribution in [2.45, 2.75) is 86.7 Å². The molecule has 4 aromatic rings. The third kappa shape index (κ3) is 5.76. The fourth-order valence-corrected chi connectivity index (χ4v) is 8.99. The Balaban J connectivity index is 0.847. The lowest BCUT2D eigenvalue weighted by Gasteiger charge is -2.46. The Morgan fingerprint density at radius 3 is 2.66 bits per heavy atom. The normalized spacial score (nSPS) is 22.4. The first-order valence-corrected chi connectivity index (χ1v) is 17.8. The fraction of sp³-hybridized carbons (Fsp3) is 0.500. The summed E-state index contributed by atoms with van der Waals surface area (Å²) < 4.78 is 4.47. The van der Waals surface area contributed by atoms with Crippen molar-refractivity contribution in [1.29, 1.82) is 0 Å². The van der Waals surface area contributed by atoms with Crippen molar-refractivity contribution >= 4 is 46.3 Å². The summed E-state index contributed by atoms with van der Waals surface area (Å²) in [5, 5.41) is 15.5. The molecule has 0 bridgehead atoms. The molecule has 10 nitrogen and oxygen atoms in total. The van der Waals surface area contributed by atoms with E-state index in [9.17, 15) is 4.79 Å². The summed E-state index contributed by atoms with van der Waals surface area (Å²) in [6.07, 6.45) is 8.00. The number of nitrogens with one attached hydrogen (secondary N) is 3. The summed E-state index contributed by atoms with van der Waals surface area (Å²) in [6.45, 7) is 8.87. The van der Waals surface area contributed by atoms with E-state index in [1.54, 1.807) is 0 Å². The highest BCUT2D eigenvalue weighted by Gasteiger charge is 2.57. The highest BCUT2D eigenvalue weighted by atomic mass is 32.2. The predicted octanol–water partition coefficient (Wildman–Crippen LogP) is 6.13. The van der Waals surface area contributed by atoms with E-state index in [1.807, 2.05) is 36.9 Å². The molecule has 246 valence electrons. The molecule has 3 aliphatic heterocycles. The minimum Gasteiger partial charge on any atom is -0.371 e. The number of carbonyl (C=O) groups excluding carboxylic acids is 1. The van der Waals surface area contributed by atoms with Gasteiger partial charge in [0.25, 0.3) is 0 Å². The maximum absolute atomic E-state index is 12.3. The van der Waals surface area contributed by atoms with E-state index in [2.05, 4.69) is 96.5 Å². The number of rotatable bonds is 8. The van der Waals surface area contributed by atoms with Crippen LogP contribution >= 0.6 is 11.9 Å². The first kappa shape index (κ1) is 30.7. The first-order valence-electron chi connectivity index (χ1n) is 17.1. The molecular weight excluding hydrogens is 607 g/mol. The Bertz CT molecular complexity index is 1820. The maximum Gasteiger partial charge on any atom is 0.236 e. The number of amides is 1. The van der Waals surface area contributed by atoms with Gasteiger partial charge in [-0.1, -0.05) is 18.2 Å². The second kappa shape index (κ2) is 11.8. The van der Waals surface area contributed by atoms with E-state index < -0.39 is 0 Å². The topological polar surface area (TPSA) is 103 Å². The highest BCUT2D eigenvalue weighted by Crippen LogP contribution is 2.54. The van der Waals surface area contributed by atoms with Crippen molar-refractivity contribution < 1.29 is 4.79 Å². The van der Waals surface area contributed by atoms with Crippen molar-refractivity contribution in [3.63, 3.8) is 0 Å². The quantitative estimate of drug-likeness (QED) is 0.194. The van der Waals surface area contributed by atoms with Gasteiger partial charge in [-0.25, -0.2) is 9.29 Å². The molecule has 2 aromatic carbocycles. The molecule has 11 heteroatoms. The molecule has 2 saturated heterocycles. The molecule has 3 fully saturated rings. The zero-order chi connectivity index (χ0) is 32.3. The maximum atomic E-state index is 12.3. The largest absolute Gasteiger partial charge is 0.371 e. The lowest BCUT2D eigenvalue weighted by atomic mass is 9.78. The Morgan fingerprint density at radius 2 is 1.89 bits per heavy atom. The molecule has 1 saturated carbocycles. The van der Waals surface area contributed by atoms with Gasteiger partial charge in [-0.2, -0.15) is 10.1 Å².